The first-order valence-electron chi connectivity index (χ1n) is 6.52. The van der Waals surface area contributed by atoms with Gasteiger partial charge in [0.1, 0.15) is 16.5 Å². The Kier molecular flexibility index (Phi) is 6.08. The van der Waals surface area contributed by atoms with Crippen LogP contribution >= 0.6 is 0 Å². The summed E-state index contributed by atoms with van der Waals surface area (Å²) in [4.78, 5) is 2.11. The summed E-state index contributed by atoms with van der Waals surface area (Å²) >= 11 is 0. The molecular weight excluding hydrogens is 479 g/mol. The molecule has 0 saturated heterocycles. The fourth-order valence-electron chi connectivity index (χ4n) is 2.13. The van der Waals surface area contributed by atoms with Crippen molar-refractivity contribution in [3.05, 3.63) is 24.3 Å². The molecule has 0 aliphatic carbocycles. The summed E-state index contributed by atoms with van der Waals surface area (Å²) in [7, 11) is -9.43. The van der Waals surface area contributed by atoms with E-state index in [2.05, 4.69) is 32.1 Å². The van der Waals surface area contributed by atoms with Gasteiger partial charge in [0.15, 0.2) is 5.75 Å². The molecule has 3 rings (SSSR count). The summed E-state index contributed by atoms with van der Waals surface area (Å²) in [5.41, 5.74) is 2.06. The van der Waals surface area contributed by atoms with Crippen molar-refractivity contribution in [2.75, 3.05) is 5.43 Å². The molecule has 4 N–H and O–H groups in total. The third-order valence-corrected chi connectivity index (χ3v) is 4.94. The number of hydrogen-bond donors (Lipinski definition) is 4. The molecule has 1 aliphatic heterocycles. The van der Waals surface area contributed by atoms with Crippen LogP contribution in [-0.4, -0.2) is 43.3 Å². The van der Waals surface area contributed by atoms with Crippen molar-refractivity contribution in [3.63, 3.8) is 0 Å². The second-order valence-electron chi connectivity index (χ2n) is 4.87. The topological polar surface area (TPSA) is 190 Å². The molecule has 1 aliphatic rings. The van der Waals surface area contributed by atoms with Crippen LogP contribution in [0.1, 0.15) is 0 Å². The minimum Gasteiger partial charge on any atom is -0.504 e. The number of aromatic hydroxyl groups is 1. The van der Waals surface area contributed by atoms with E-state index in [-0.39, 0.29) is 55.1 Å². The number of fused-ring (bicyclic) bond motifs is 1. The number of hydrazone groups is 1. The predicted molar refractivity (Wildman–Crippen MR) is 88.6 cm³/mol. The molecule has 12 nitrogen and oxygen atoms in total. The quantitative estimate of drug-likeness (QED) is 0.213. The van der Waals surface area contributed by atoms with Crippen molar-refractivity contribution >= 4 is 49.0 Å². The number of phenols is 1. The van der Waals surface area contributed by atoms with Gasteiger partial charge in [-0.05, 0) is 29.9 Å². The Morgan fingerprint density at radius 1 is 1.07 bits per heavy atom. The average molecular weight is 487 g/mol. The smallest absolute Gasteiger partial charge is 0.298 e. The molecule has 1 heterocycles. The van der Waals surface area contributed by atoms with E-state index in [1.807, 2.05) is 0 Å². The zero-order valence-corrected chi connectivity index (χ0v) is 17.4. The van der Waals surface area contributed by atoms with Crippen LogP contribution in [0.2, 0.25) is 0 Å². The van der Waals surface area contributed by atoms with Gasteiger partial charge in [-0.2, -0.15) is 16.8 Å². The van der Waals surface area contributed by atoms with Gasteiger partial charge >= 0.3 is 0 Å². The second kappa shape index (κ2) is 7.65. The van der Waals surface area contributed by atoms with Crippen molar-refractivity contribution in [1.82, 2.24) is 0 Å². The van der Waals surface area contributed by atoms with Gasteiger partial charge in [-0.25, -0.2) is 10.2 Å². The van der Waals surface area contributed by atoms with E-state index < -0.39 is 35.8 Å². The van der Waals surface area contributed by atoms with E-state index in [0.29, 0.717) is 0 Å². The van der Waals surface area contributed by atoms with Gasteiger partial charge in [-0.3, -0.25) is 19.6 Å². The van der Waals surface area contributed by atoms with Gasteiger partial charge < -0.3 is 10.1 Å². The van der Waals surface area contributed by atoms with Crippen LogP contribution < -0.4 is 5.43 Å². The van der Waals surface area contributed by atoms with Gasteiger partial charge in [0, 0.05) is 38.1 Å². The van der Waals surface area contributed by atoms with Gasteiger partial charge in [0.25, 0.3) is 20.2 Å². The SMILES string of the molecule is O=S(=O)(O)c1ccc2c(N/N=C3/N=[C-]N=N3)c(O)c(S(=O)(=O)O)cc2c1.[Y]. The molecule has 27 heavy (non-hydrogen) atoms. The Labute approximate surface area is 177 Å². The number of nitrogens with zero attached hydrogens (tertiary/aromatic N) is 4. The van der Waals surface area contributed by atoms with E-state index in [1.165, 1.54) is 6.07 Å². The first-order valence-corrected chi connectivity index (χ1v) is 9.40. The molecule has 1 radical (unpaired) electrons. The number of azo groups is 1. The molecule has 15 heteroatoms. The molecule has 0 atom stereocenters. The summed E-state index contributed by atoms with van der Waals surface area (Å²) in [5.74, 6) is -1.05. The fourth-order valence-corrected chi connectivity index (χ4v) is 3.27. The summed E-state index contributed by atoms with van der Waals surface area (Å²) in [6.45, 7) is 0. The predicted octanol–water partition coefficient (Wildman–Crippen LogP) is 1.09. The zero-order valence-electron chi connectivity index (χ0n) is 13.0. The standard InChI is InChI=1S/C12H8N5O7S2.Y/c18-11-9(26(22,23)24)4-6-3-7(25(19,20)21)1-2-8(6)10(11)15-17-12-13-5-14-16-12;/h1-4,15,18H,(H,19,20,21)(H,22,23,24);/q-1;/b17-12-;. The maximum atomic E-state index is 11.5. The summed E-state index contributed by atoms with van der Waals surface area (Å²) in [6, 6.07) is 4.02. The van der Waals surface area contributed by atoms with E-state index in [4.69, 9.17) is 4.55 Å². The Hall–Kier alpha value is -1.84. The largest absolute Gasteiger partial charge is 0.504 e. The number of rotatable bonds is 4. The molecule has 0 fully saturated rings. The third-order valence-electron chi connectivity index (χ3n) is 3.23. The molecule has 139 valence electrons. The van der Waals surface area contributed by atoms with Crippen molar-refractivity contribution < 1.29 is 63.8 Å². The van der Waals surface area contributed by atoms with Crippen molar-refractivity contribution in [3.8, 4) is 5.75 Å². The number of aliphatic imine (C=N–C) groups is 1. The van der Waals surface area contributed by atoms with Gasteiger partial charge in [-0.1, -0.05) is 6.07 Å². The molecule has 0 aromatic heterocycles. The Morgan fingerprint density at radius 2 is 1.78 bits per heavy atom. The van der Waals surface area contributed by atoms with E-state index in [9.17, 15) is 26.5 Å². The van der Waals surface area contributed by atoms with Crippen LogP contribution in [0.25, 0.3) is 10.8 Å². The van der Waals surface area contributed by atoms with E-state index in [0.717, 1.165) is 18.2 Å². The van der Waals surface area contributed by atoms with Gasteiger partial charge in [0.05, 0.1) is 4.90 Å². The normalized spacial score (nSPS) is 15.3. The zero-order chi connectivity index (χ0) is 19.1. The summed E-state index contributed by atoms with van der Waals surface area (Å²) < 4.78 is 63.9. The Balaban J connectivity index is 0.00000261. The number of benzene rings is 2. The van der Waals surface area contributed by atoms with Crippen LogP contribution in [0.3, 0.4) is 0 Å². The fraction of sp³-hybridized carbons (Fsp3) is 0. The maximum absolute atomic E-state index is 11.5. The number of nitrogens with one attached hydrogen (secondary N) is 1. The van der Waals surface area contributed by atoms with Crippen LogP contribution in [-0.2, 0) is 52.9 Å². The van der Waals surface area contributed by atoms with E-state index in [1.54, 1.807) is 0 Å². The minimum atomic E-state index is -4.86. The average Bonchev–Trinajstić information content (AvgIpc) is 3.04. The van der Waals surface area contributed by atoms with Crippen molar-refractivity contribution in [2.45, 2.75) is 9.79 Å². The summed E-state index contributed by atoms with van der Waals surface area (Å²) in [5, 5.41) is 20.7. The maximum Gasteiger partial charge on any atom is 0.298 e. The van der Waals surface area contributed by atoms with Gasteiger partial charge in [-0.15, -0.1) is 0 Å². The van der Waals surface area contributed by atoms with Gasteiger partial charge in [0.2, 0.25) is 0 Å². The minimum absolute atomic E-state index is 0. The Bertz CT molecular complexity index is 1210. The molecule has 0 saturated carbocycles. The molecule has 2 aromatic carbocycles. The Morgan fingerprint density at radius 3 is 2.33 bits per heavy atom. The first-order chi connectivity index (χ1) is 12.1. The number of guanidine groups is 1. The third kappa shape index (κ3) is 4.53. The van der Waals surface area contributed by atoms with Crippen LogP contribution in [0.15, 0.2) is 54.4 Å². The number of hydrogen-bond acceptors (Lipinski definition) is 8. The second-order valence-corrected chi connectivity index (χ2v) is 7.68. The number of anilines is 1. The molecule has 0 bridgehead atoms. The number of phenolic OH excluding ortho intramolecular Hbond substituents is 1. The molecule has 0 amide bonds. The van der Waals surface area contributed by atoms with Crippen LogP contribution in [0, 0.1) is 0 Å². The van der Waals surface area contributed by atoms with Crippen LogP contribution in [0.4, 0.5) is 5.69 Å². The molecule has 0 spiro atoms. The first kappa shape index (κ1) is 21.5. The molecule has 2 aromatic rings. The van der Waals surface area contributed by atoms with Crippen LogP contribution in [0.5, 0.6) is 5.75 Å². The van der Waals surface area contributed by atoms with Crippen molar-refractivity contribution in [2.24, 2.45) is 20.3 Å². The van der Waals surface area contributed by atoms with Crippen molar-refractivity contribution in [1.29, 1.82) is 0 Å². The van der Waals surface area contributed by atoms with E-state index >= 15 is 0 Å². The molecule has 0 unspecified atom stereocenters. The monoisotopic (exact) mass is 487 g/mol. The summed E-state index contributed by atoms with van der Waals surface area (Å²) in [6.07, 6.45) is 2.14. The molecular formula is C12H8N5O7S2Y-.